The third kappa shape index (κ3) is 4.61. The molecule has 8 heteroatoms. The van der Waals surface area contributed by atoms with E-state index in [1.807, 2.05) is 46.0 Å². The predicted octanol–water partition coefficient (Wildman–Crippen LogP) is 2.66. The number of aryl methyl sites for hydroxylation is 1. The molecule has 1 aliphatic heterocycles. The highest BCUT2D eigenvalue weighted by molar-refractivity contribution is 6.62. The number of hydrogen-bond donors (Lipinski definition) is 1. The zero-order valence-corrected chi connectivity index (χ0v) is 19.3. The Balaban J connectivity index is 1.81. The molecule has 1 aliphatic rings. The number of nitrogens with zero attached hydrogens (tertiary/aromatic N) is 3. The third-order valence-electron chi connectivity index (χ3n) is 6.13. The normalized spacial score (nSPS) is 17.7. The standard InChI is InChI=1S/C22H33BN4O3/c1-15(2)26(7)13-16-9-10-19(24-12-16)25-18-11-17(14-27(8)20(18)28)23-29-21(3,4)22(5,6)30-23/h9-12,14-15H,13H2,1-8H3,(H,24,25). The smallest absolute Gasteiger partial charge is 0.399 e. The molecule has 7 nitrogen and oxygen atoms in total. The second kappa shape index (κ2) is 8.17. The van der Waals surface area contributed by atoms with Crippen LogP contribution in [0.25, 0.3) is 0 Å². The molecule has 0 unspecified atom stereocenters. The van der Waals surface area contributed by atoms with Crippen molar-refractivity contribution in [2.75, 3.05) is 12.4 Å². The van der Waals surface area contributed by atoms with Crippen LogP contribution in [-0.4, -0.2) is 45.9 Å². The molecule has 2 aromatic heterocycles. The zero-order chi connectivity index (χ0) is 22.3. The molecule has 0 amide bonds. The fourth-order valence-electron chi connectivity index (χ4n) is 3.14. The third-order valence-corrected chi connectivity index (χ3v) is 6.13. The number of rotatable bonds is 6. The molecule has 1 N–H and O–H groups in total. The molecule has 3 rings (SSSR count). The lowest BCUT2D eigenvalue weighted by Crippen LogP contribution is -2.41. The van der Waals surface area contributed by atoms with E-state index in [4.69, 9.17) is 9.31 Å². The Morgan fingerprint density at radius 3 is 2.37 bits per heavy atom. The Morgan fingerprint density at radius 1 is 1.20 bits per heavy atom. The summed E-state index contributed by atoms with van der Waals surface area (Å²) in [4.78, 5) is 19.4. The van der Waals surface area contributed by atoms with Gasteiger partial charge in [0.1, 0.15) is 11.5 Å². The van der Waals surface area contributed by atoms with Crippen LogP contribution >= 0.6 is 0 Å². The van der Waals surface area contributed by atoms with Gasteiger partial charge < -0.3 is 19.2 Å². The first-order chi connectivity index (χ1) is 13.9. The molecule has 0 aromatic carbocycles. The van der Waals surface area contributed by atoms with Gasteiger partial charge in [0, 0.05) is 37.5 Å². The van der Waals surface area contributed by atoms with Crippen molar-refractivity contribution in [1.29, 1.82) is 0 Å². The topological polar surface area (TPSA) is 68.6 Å². The molecule has 0 radical (unpaired) electrons. The highest BCUT2D eigenvalue weighted by Gasteiger charge is 2.51. The van der Waals surface area contributed by atoms with Crippen molar-refractivity contribution in [2.24, 2.45) is 7.05 Å². The second-order valence-corrected chi connectivity index (χ2v) is 9.38. The van der Waals surface area contributed by atoms with Crippen molar-refractivity contribution in [1.82, 2.24) is 14.5 Å². The Bertz CT molecular complexity index is 938. The van der Waals surface area contributed by atoms with Crippen molar-refractivity contribution in [3.05, 3.63) is 46.5 Å². The maximum Gasteiger partial charge on any atom is 0.496 e. The van der Waals surface area contributed by atoms with Crippen molar-refractivity contribution in [3.63, 3.8) is 0 Å². The van der Waals surface area contributed by atoms with E-state index in [1.54, 1.807) is 19.3 Å². The van der Waals surface area contributed by atoms with Crippen molar-refractivity contribution < 1.29 is 9.31 Å². The van der Waals surface area contributed by atoms with Crippen LogP contribution < -0.4 is 16.3 Å². The molecule has 0 bridgehead atoms. The van der Waals surface area contributed by atoms with Crippen LogP contribution in [-0.2, 0) is 22.9 Å². The second-order valence-electron chi connectivity index (χ2n) is 9.38. The van der Waals surface area contributed by atoms with Gasteiger partial charge in [-0.3, -0.25) is 9.69 Å². The number of aromatic nitrogens is 2. The molecular weight excluding hydrogens is 379 g/mol. The average Bonchev–Trinajstić information content (AvgIpc) is 2.87. The lowest BCUT2D eigenvalue weighted by Gasteiger charge is -2.32. The van der Waals surface area contributed by atoms with Gasteiger partial charge in [-0.25, -0.2) is 4.98 Å². The molecular formula is C22H33BN4O3. The summed E-state index contributed by atoms with van der Waals surface area (Å²) in [5.74, 6) is 0.620. The minimum Gasteiger partial charge on any atom is -0.399 e. The molecule has 30 heavy (non-hydrogen) atoms. The number of pyridine rings is 2. The minimum absolute atomic E-state index is 0.138. The molecule has 162 valence electrons. The van der Waals surface area contributed by atoms with Crippen LogP contribution in [0.4, 0.5) is 11.5 Å². The maximum absolute atomic E-state index is 12.7. The van der Waals surface area contributed by atoms with Crippen LogP contribution in [0.15, 0.2) is 35.4 Å². The first-order valence-electron chi connectivity index (χ1n) is 10.4. The van der Waals surface area contributed by atoms with Crippen molar-refractivity contribution in [3.8, 4) is 0 Å². The van der Waals surface area contributed by atoms with Gasteiger partial charge >= 0.3 is 7.12 Å². The molecule has 3 heterocycles. The van der Waals surface area contributed by atoms with E-state index >= 15 is 0 Å². The molecule has 0 spiro atoms. The van der Waals surface area contributed by atoms with Gasteiger partial charge in [-0.2, -0.15) is 0 Å². The van der Waals surface area contributed by atoms with E-state index in [0.717, 1.165) is 17.6 Å². The lowest BCUT2D eigenvalue weighted by atomic mass is 9.80. The van der Waals surface area contributed by atoms with Gasteiger partial charge in [0.05, 0.1) is 11.2 Å². The maximum atomic E-state index is 12.7. The summed E-state index contributed by atoms with van der Waals surface area (Å²) in [6.45, 7) is 13.2. The quantitative estimate of drug-likeness (QED) is 0.736. The van der Waals surface area contributed by atoms with Gasteiger partial charge in [-0.15, -0.1) is 0 Å². The summed E-state index contributed by atoms with van der Waals surface area (Å²) < 4.78 is 13.8. The Kier molecular flexibility index (Phi) is 6.14. The summed E-state index contributed by atoms with van der Waals surface area (Å²) in [5, 5.41) is 3.15. The summed E-state index contributed by atoms with van der Waals surface area (Å²) in [6.07, 6.45) is 3.59. The van der Waals surface area contributed by atoms with E-state index in [-0.39, 0.29) is 5.56 Å². The number of anilines is 2. The van der Waals surface area contributed by atoms with E-state index in [1.165, 1.54) is 4.57 Å². The highest BCUT2D eigenvalue weighted by atomic mass is 16.7. The fourth-order valence-corrected chi connectivity index (χ4v) is 3.14. The first kappa shape index (κ1) is 22.5. The molecule has 1 fully saturated rings. The summed E-state index contributed by atoms with van der Waals surface area (Å²) in [7, 11) is 3.27. The Morgan fingerprint density at radius 2 is 1.83 bits per heavy atom. The van der Waals surface area contributed by atoms with Gasteiger partial charge in [-0.05, 0) is 66.3 Å². The van der Waals surface area contributed by atoms with Crippen LogP contribution in [0.2, 0.25) is 0 Å². The van der Waals surface area contributed by atoms with Crippen LogP contribution in [0, 0.1) is 0 Å². The summed E-state index contributed by atoms with van der Waals surface area (Å²) >= 11 is 0. The molecule has 2 aromatic rings. The predicted molar refractivity (Wildman–Crippen MR) is 122 cm³/mol. The lowest BCUT2D eigenvalue weighted by molar-refractivity contribution is 0.00578. The Hall–Kier alpha value is -2.16. The van der Waals surface area contributed by atoms with Crippen LogP contribution in [0.3, 0.4) is 0 Å². The van der Waals surface area contributed by atoms with Crippen LogP contribution in [0.1, 0.15) is 47.1 Å². The fraction of sp³-hybridized carbons (Fsp3) is 0.545. The average molecular weight is 412 g/mol. The van der Waals surface area contributed by atoms with Crippen molar-refractivity contribution >= 4 is 24.1 Å². The monoisotopic (exact) mass is 412 g/mol. The number of nitrogens with one attached hydrogen (secondary N) is 1. The Labute approximate surface area is 179 Å². The minimum atomic E-state index is -0.538. The largest absolute Gasteiger partial charge is 0.496 e. The summed E-state index contributed by atoms with van der Waals surface area (Å²) in [6, 6.07) is 6.16. The van der Waals surface area contributed by atoms with E-state index in [9.17, 15) is 4.79 Å². The van der Waals surface area contributed by atoms with E-state index in [2.05, 4.69) is 36.1 Å². The molecule has 0 saturated carbocycles. The molecule has 0 aliphatic carbocycles. The van der Waals surface area contributed by atoms with E-state index < -0.39 is 18.3 Å². The van der Waals surface area contributed by atoms with Gasteiger partial charge in [-0.1, -0.05) is 6.07 Å². The summed E-state index contributed by atoms with van der Waals surface area (Å²) in [5.41, 5.74) is 1.31. The highest BCUT2D eigenvalue weighted by Crippen LogP contribution is 2.36. The first-order valence-corrected chi connectivity index (χ1v) is 10.4. The van der Waals surface area contributed by atoms with Gasteiger partial charge in [0.25, 0.3) is 5.56 Å². The number of hydrogen-bond acceptors (Lipinski definition) is 6. The van der Waals surface area contributed by atoms with Gasteiger partial charge in [0.2, 0.25) is 0 Å². The molecule has 0 atom stereocenters. The SMILES string of the molecule is CC(C)N(C)Cc1ccc(Nc2cc(B3OC(C)(C)C(C)(C)O3)cn(C)c2=O)nc1. The van der Waals surface area contributed by atoms with Crippen LogP contribution in [0.5, 0.6) is 0 Å². The molecule has 1 saturated heterocycles. The van der Waals surface area contributed by atoms with E-state index in [0.29, 0.717) is 17.5 Å². The van der Waals surface area contributed by atoms with Gasteiger partial charge in [0.15, 0.2) is 0 Å². The zero-order valence-electron chi connectivity index (χ0n) is 19.3. The van der Waals surface area contributed by atoms with Crippen molar-refractivity contribution in [2.45, 2.75) is 65.3 Å².